The van der Waals surface area contributed by atoms with Gasteiger partial charge in [0, 0.05) is 18.6 Å². The number of nitrogens with zero attached hydrogens (tertiary/aromatic N) is 2. The van der Waals surface area contributed by atoms with Gasteiger partial charge >= 0.3 is 0 Å². The van der Waals surface area contributed by atoms with Crippen molar-refractivity contribution in [2.45, 2.75) is 38.8 Å². The maximum absolute atomic E-state index is 6.03. The molecule has 1 heterocycles. The summed E-state index contributed by atoms with van der Waals surface area (Å²) in [6.07, 6.45) is 2.42. The predicted molar refractivity (Wildman–Crippen MR) is 66.0 cm³/mol. The van der Waals surface area contributed by atoms with Crippen LogP contribution in [0.15, 0.2) is 0 Å². The maximum Gasteiger partial charge on any atom is 0.00889 e. The molecule has 3 heteroatoms. The molecule has 1 saturated heterocycles. The lowest BCUT2D eigenvalue weighted by Gasteiger charge is -2.39. The van der Waals surface area contributed by atoms with E-state index in [1.165, 1.54) is 26.1 Å². The third-order valence-corrected chi connectivity index (χ3v) is 3.62. The fourth-order valence-corrected chi connectivity index (χ4v) is 2.22. The Kier molecular flexibility index (Phi) is 5.03. The van der Waals surface area contributed by atoms with Gasteiger partial charge in [0.25, 0.3) is 0 Å². The van der Waals surface area contributed by atoms with Crippen molar-refractivity contribution in [2.24, 2.45) is 11.7 Å². The molecule has 1 aliphatic heterocycles. The normalized spacial score (nSPS) is 30.8. The first-order valence-corrected chi connectivity index (χ1v) is 6.15. The van der Waals surface area contributed by atoms with Crippen molar-refractivity contribution in [1.29, 1.82) is 0 Å². The molecule has 0 saturated carbocycles. The van der Waals surface area contributed by atoms with E-state index in [1.807, 2.05) is 0 Å². The Morgan fingerprint density at radius 1 is 1.47 bits per heavy atom. The number of piperidine rings is 1. The van der Waals surface area contributed by atoms with Gasteiger partial charge in [0.15, 0.2) is 0 Å². The van der Waals surface area contributed by atoms with Crippen molar-refractivity contribution in [3.63, 3.8) is 0 Å². The molecule has 0 aromatic rings. The Bertz CT molecular complexity index is 182. The van der Waals surface area contributed by atoms with E-state index in [0.29, 0.717) is 18.0 Å². The van der Waals surface area contributed by atoms with Gasteiger partial charge in [-0.05, 0) is 52.9 Å². The second kappa shape index (κ2) is 5.83. The summed E-state index contributed by atoms with van der Waals surface area (Å²) in [7, 11) is 4.28. The SMILES string of the molecule is CC1CN(C(C)CCN(C)C)CCC1N. The fourth-order valence-electron chi connectivity index (χ4n) is 2.22. The van der Waals surface area contributed by atoms with E-state index in [2.05, 4.69) is 37.7 Å². The van der Waals surface area contributed by atoms with Crippen LogP contribution >= 0.6 is 0 Å². The van der Waals surface area contributed by atoms with Gasteiger partial charge in [-0.25, -0.2) is 0 Å². The van der Waals surface area contributed by atoms with E-state index in [0.717, 1.165) is 6.42 Å². The summed E-state index contributed by atoms with van der Waals surface area (Å²) in [4.78, 5) is 4.85. The molecule has 0 aromatic heterocycles. The van der Waals surface area contributed by atoms with Crippen LogP contribution in [0.4, 0.5) is 0 Å². The van der Waals surface area contributed by atoms with Crippen molar-refractivity contribution in [3.8, 4) is 0 Å². The Labute approximate surface area is 94.6 Å². The van der Waals surface area contributed by atoms with Crippen LogP contribution in [0.1, 0.15) is 26.7 Å². The summed E-state index contributed by atoms with van der Waals surface area (Å²) in [5.74, 6) is 0.653. The third-order valence-electron chi connectivity index (χ3n) is 3.62. The van der Waals surface area contributed by atoms with E-state index in [1.54, 1.807) is 0 Å². The van der Waals surface area contributed by atoms with Crippen molar-refractivity contribution >= 4 is 0 Å². The lowest BCUT2D eigenvalue weighted by molar-refractivity contribution is 0.114. The molecule has 0 bridgehead atoms. The summed E-state index contributed by atoms with van der Waals surface area (Å²) in [5.41, 5.74) is 6.03. The van der Waals surface area contributed by atoms with Crippen LogP contribution in [-0.2, 0) is 0 Å². The van der Waals surface area contributed by atoms with E-state index in [-0.39, 0.29) is 0 Å². The molecule has 90 valence electrons. The first kappa shape index (κ1) is 12.9. The zero-order valence-corrected chi connectivity index (χ0v) is 10.7. The summed E-state index contributed by atoms with van der Waals surface area (Å²) in [6.45, 7) is 8.15. The quantitative estimate of drug-likeness (QED) is 0.756. The molecule has 15 heavy (non-hydrogen) atoms. The Morgan fingerprint density at radius 2 is 2.13 bits per heavy atom. The van der Waals surface area contributed by atoms with Gasteiger partial charge in [0.1, 0.15) is 0 Å². The van der Waals surface area contributed by atoms with Gasteiger partial charge in [-0.1, -0.05) is 6.92 Å². The topological polar surface area (TPSA) is 32.5 Å². The van der Waals surface area contributed by atoms with E-state index < -0.39 is 0 Å². The molecular weight excluding hydrogens is 186 g/mol. The Hall–Kier alpha value is -0.120. The largest absolute Gasteiger partial charge is 0.327 e. The Morgan fingerprint density at radius 3 is 2.67 bits per heavy atom. The molecule has 0 aromatic carbocycles. The van der Waals surface area contributed by atoms with Crippen molar-refractivity contribution in [1.82, 2.24) is 9.80 Å². The molecule has 0 radical (unpaired) electrons. The summed E-state index contributed by atoms with van der Waals surface area (Å²) in [6, 6.07) is 1.12. The van der Waals surface area contributed by atoms with Crippen LogP contribution in [0.5, 0.6) is 0 Å². The lowest BCUT2D eigenvalue weighted by Crippen LogP contribution is -2.49. The highest BCUT2D eigenvalue weighted by atomic mass is 15.2. The van der Waals surface area contributed by atoms with Crippen molar-refractivity contribution in [2.75, 3.05) is 33.7 Å². The molecule has 3 atom stereocenters. The number of likely N-dealkylation sites (tertiary alicyclic amines) is 1. The molecule has 3 unspecified atom stereocenters. The van der Waals surface area contributed by atoms with Crippen LogP contribution in [0.2, 0.25) is 0 Å². The number of hydrogen-bond acceptors (Lipinski definition) is 3. The number of nitrogens with two attached hydrogens (primary N) is 1. The zero-order valence-electron chi connectivity index (χ0n) is 10.7. The molecule has 0 aliphatic carbocycles. The molecule has 2 N–H and O–H groups in total. The monoisotopic (exact) mass is 213 g/mol. The van der Waals surface area contributed by atoms with Gasteiger partial charge in [-0.3, -0.25) is 0 Å². The predicted octanol–water partition coefficient (Wildman–Crippen LogP) is 0.996. The molecule has 1 aliphatic rings. The molecule has 0 spiro atoms. The molecule has 0 amide bonds. The third kappa shape index (κ3) is 4.09. The van der Waals surface area contributed by atoms with Gasteiger partial charge in [-0.2, -0.15) is 0 Å². The summed E-state index contributed by atoms with van der Waals surface area (Å²) < 4.78 is 0. The number of rotatable bonds is 4. The van der Waals surface area contributed by atoms with Crippen molar-refractivity contribution < 1.29 is 0 Å². The van der Waals surface area contributed by atoms with Crippen LogP contribution in [-0.4, -0.2) is 55.6 Å². The minimum atomic E-state index is 0.419. The molecule has 3 nitrogen and oxygen atoms in total. The highest BCUT2D eigenvalue weighted by Gasteiger charge is 2.25. The first-order valence-electron chi connectivity index (χ1n) is 6.15. The smallest absolute Gasteiger partial charge is 0.00889 e. The van der Waals surface area contributed by atoms with Crippen LogP contribution in [0.3, 0.4) is 0 Å². The van der Waals surface area contributed by atoms with E-state index in [4.69, 9.17) is 5.73 Å². The van der Waals surface area contributed by atoms with Crippen LogP contribution < -0.4 is 5.73 Å². The van der Waals surface area contributed by atoms with Crippen LogP contribution in [0, 0.1) is 5.92 Å². The van der Waals surface area contributed by atoms with Gasteiger partial charge < -0.3 is 15.5 Å². The Balaban J connectivity index is 2.30. The first-order chi connectivity index (χ1) is 7.00. The maximum atomic E-state index is 6.03. The summed E-state index contributed by atoms with van der Waals surface area (Å²) >= 11 is 0. The second-order valence-corrected chi connectivity index (χ2v) is 5.37. The zero-order chi connectivity index (χ0) is 11.4. The highest BCUT2D eigenvalue weighted by molar-refractivity contribution is 4.82. The van der Waals surface area contributed by atoms with Gasteiger partial charge in [-0.15, -0.1) is 0 Å². The highest BCUT2D eigenvalue weighted by Crippen LogP contribution is 2.18. The van der Waals surface area contributed by atoms with E-state index in [9.17, 15) is 0 Å². The summed E-state index contributed by atoms with van der Waals surface area (Å²) in [5, 5.41) is 0. The van der Waals surface area contributed by atoms with Gasteiger partial charge in [0.2, 0.25) is 0 Å². The minimum Gasteiger partial charge on any atom is -0.327 e. The van der Waals surface area contributed by atoms with Crippen molar-refractivity contribution in [3.05, 3.63) is 0 Å². The standard InChI is InChI=1S/C12H27N3/c1-10-9-15(8-6-12(10)13)11(2)5-7-14(3)4/h10-12H,5-9,13H2,1-4H3. The molecule has 1 fully saturated rings. The van der Waals surface area contributed by atoms with Gasteiger partial charge in [0.05, 0.1) is 0 Å². The lowest BCUT2D eigenvalue weighted by atomic mass is 9.93. The molecular formula is C12H27N3. The minimum absolute atomic E-state index is 0.419. The average molecular weight is 213 g/mol. The average Bonchev–Trinajstić information content (AvgIpc) is 2.18. The number of hydrogen-bond donors (Lipinski definition) is 1. The fraction of sp³-hybridized carbons (Fsp3) is 1.00. The molecule has 1 rings (SSSR count). The van der Waals surface area contributed by atoms with E-state index >= 15 is 0 Å². The second-order valence-electron chi connectivity index (χ2n) is 5.37. The van der Waals surface area contributed by atoms with Crippen LogP contribution in [0.25, 0.3) is 0 Å².